The van der Waals surface area contributed by atoms with Gasteiger partial charge >= 0.3 is 0 Å². The Hall–Kier alpha value is -0.990. The molecule has 0 saturated heterocycles. The fraction of sp³-hybridized carbons (Fsp3) is 0.571. The predicted octanol–water partition coefficient (Wildman–Crippen LogP) is 1.38. The normalized spacial score (nSPS) is 10.2. The van der Waals surface area contributed by atoms with Crippen LogP contribution in [0.15, 0.2) is 4.52 Å². The molecule has 1 rings (SSSR count). The standard InChI is InChI=1S/C7H12N2O/c1-3-5-6(4-2)9-10-7(5)8/h3-4,8H2,1-2H3. The number of hydrogen-bond acceptors (Lipinski definition) is 3. The van der Waals surface area contributed by atoms with E-state index in [-0.39, 0.29) is 0 Å². The fourth-order valence-corrected chi connectivity index (χ4v) is 1.01. The monoisotopic (exact) mass is 140 g/mol. The number of anilines is 1. The van der Waals surface area contributed by atoms with E-state index in [2.05, 4.69) is 5.16 Å². The highest BCUT2D eigenvalue weighted by Crippen LogP contribution is 2.16. The smallest absolute Gasteiger partial charge is 0.225 e. The molecule has 1 heterocycles. The first-order valence-corrected chi connectivity index (χ1v) is 3.52. The molecular weight excluding hydrogens is 128 g/mol. The molecule has 1 aromatic rings. The van der Waals surface area contributed by atoms with Crippen molar-refractivity contribution in [2.75, 3.05) is 5.73 Å². The Kier molecular flexibility index (Phi) is 1.94. The summed E-state index contributed by atoms with van der Waals surface area (Å²) in [6.45, 7) is 4.08. The van der Waals surface area contributed by atoms with E-state index in [4.69, 9.17) is 10.3 Å². The largest absolute Gasteiger partial charge is 0.367 e. The van der Waals surface area contributed by atoms with Gasteiger partial charge in [0, 0.05) is 5.56 Å². The third-order valence-electron chi connectivity index (χ3n) is 1.59. The Morgan fingerprint density at radius 3 is 2.50 bits per heavy atom. The molecule has 0 saturated carbocycles. The summed E-state index contributed by atoms with van der Waals surface area (Å²) >= 11 is 0. The molecule has 0 bridgehead atoms. The lowest BCUT2D eigenvalue weighted by Gasteiger charge is -1.91. The summed E-state index contributed by atoms with van der Waals surface area (Å²) in [4.78, 5) is 0. The van der Waals surface area contributed by atoms with Gasteiger partial charge in [-0.1, -0.05) is 19.0 Å². The van der Waals surface area contributed by atoms with Gasteiger partial charge in [0.25, 0.3) is 0 Å². The Morgan fingerprint density at radius 1 is 1.40 bits per heavy atom. The molecule has 0 spiro atoms. The van der Waals surface area contributed by atoms with Crippen LogP contribution in [0, 0.1) is 0 Å². The first-order chi connectivity index (χ1) is 4.79. The molecule has 3 heteroatoms. The van der Waals surface area contributed by atoms with Crippen LogP contribution in [0.2, 0.25) is 0 Å². The first-order valence-electron chi connectivity index (χ1n) is 3.52. The molecule has 0 aliphatic rings. The van der Waals surface area contributed by atoms with Crippen LogP contribution in [0.25, 0.3) is 0 Å². The predicted molar refractivity (Wildman–Crippen MR) is 39.7 cm³/mol. The molecule has 0 atom stereocenters. The molecule has 0 amide bonds. The summed E-state index contributed by atoms with van der Waals surface area (Å²) in [6.07, 6.45) is 1.79. The van der Waals surface area contributed by atoms with Crippen LogP contribution in [0.1, 0.15) is 25.1 Å². The minimum Gasteiger partial charge on any atom is -0.367 e. The lowest BCUT2D eigenvalue weighted by molar-refractivity contribution is 0.428. The number of aryl methyl sites for hydroxylation is 1. The van der Waals surface area contributed by atoms with Crippen molar-refractivity contribution in [3.05, 3.63) is 11.3 Å². The zero-order valence-corrected chi connectivity index (χ0v) is 6.35. The Balaban J connectivity index is 3.01. The van der Waals surface area contributed by atoms with Crippen molar-refractivity contribution >= 4 is 5.88 Å². The van der Waals surface area contributed by atoms with E-state index >= 15 is 0 Å². The maximum atomic E-state index is 5.50. The van der Waals surface area contributed by atoms with Gasteiger partial charge in [-0.05, 0) is 12.8 Å². The van der Waals surface area contributed by atoms with Crippen molar-refractivity contribution in [2.45, 2.75) is 26.7 Å². The van der Waals surface area contributed by atoms with Crippen LogP contribution in [0.5, 0.6) is 0 Å². The topological polar surface area (TPSA) is 52.0 Å². The van der Waals surface area contributed by atoms with Gasteiger partial charge in [0.15, 0.2) is 0 Å². The Bertz CT molecular complexity index is 217. The number of rotatable bonds is 2. The van der Waals surface area contributed by atoms with E-state index in [0.717, 1.165) is 24.1 Å². The third-order valence-corrected chi connectivity index (χ3v) is 1.59. The number of nitrogens with zero attached hydrogens (tertiary/aromatic N) is 1. The summed E-state index contributed by atoms with van der Waals surface area (Å²) in [7, 11) is 0. The lowest BCUT2D eigenvalue weighted by Crippen LogP contribution is -1.91. The quantitative estimate of drug-likeness (QED) is 0.675. The molecule has 56 valence electrons. The number of nitrogens with two attached hydrogens (primary N) is 1. The van der Waals surface area contributed by atoms with Gasteiger partial charge < -0.3 is 10.3 Å². The molecule has 0 fully saturated rings. The van der Waals surface area contributed by atoms with Crippen LogP contribution >= 0.6 is 0 Å². The summed E-state index contributed by atoms with van der Waals surface area (Å²) in [6, 6.07) is 0. The van der Waals surface area contributed by atoms with Crippen molar-refractivity contribution in [2.24, 2.45) is 0 Å². The molecule has 10 heavy (non-hydrogen) atoms. The highest BCUT2D eigenvalue weighted by molar-refractivity contribution is 5.38. The maximum absolute atomic E-state index is 5.50. The number of aromatic nitrogens is 1. The van der Waals surface area contributed by atoms with Crippen LogP contribution in [0.3, 0.4) is 0 Å². The van der Waals surface area contributed by atoms with E-state index < -0.39 is 0 Å². The third kappa shape index (κ3) is 0.988. The second kappa shape index (κ2) is 2.73. The van der Waals surface area contributed by atoms with Crippen molar-refractivity contribution in [1.82, 2.24) is 5.16 Å². The molecule has 1 aromatic heterocycles. The Morgan fingerprint density at radius 2 is 2.10 bits per heavy atom. The second-order valence-electron chi connectivity index (χ2n) is 2.18. The van der Waals surface area contributed by atoms with Crippen LogP contribution in [0.4, 0.5) is 5.88 Å². The minimum absolute atomic E-state index is 0.472. The van der Waals surface area contributed by atoms with Gasteiger partial charge in [-0.25, -0.2) is 0 Å². The molecule has 0 unspecified atom stereocenters. The van der Waals surface area contributed by atoms with Crippen molar-refractivity contribution in [1.29, 1.82) is 0 Å². The molecule has 0 aliphatic heterocycles. The van der Waals surface area contributed by atoms with Crippen LogP contribution in [-0.4, -0.2) is 5.16 Å². The maximum Gasteiger partial charge on any atom is 0.225 e. The van der Waals surface area contributed by atoms with E-state index in [1.165, 1.54) is 0 Å². The van der Waals surface area contributed by atoms with E-state index in [1.54, 1.807) is 0 Å². The molecular formula is C7H12N2O. The molecule has 0 radical (unpaired) electrons. The SMILES string of the molecule is CCc1noc(N)c1CC. The molecule has 0 aromatic carbocycles. The van der Waals surface area contributed by atoms with Crippen LogP contribution in [-0.2, 0) is 12.8 Å². The van der Waals surface area contributed by atoms with E-state index in [0.29, 0.717) is 5.88 Å². The van der Waals surface area contributed by atoms with Gasteiger partial charge in [0.05, 0.1) is 5.69 Å². The van der Waals surface area contributed by atoms with Crippen LogP contribution < -0.4 is 5.73 Å². The zero-order chi connectivity index (χ0) is 7.56. The number of nitrogen functional groups attached to an aromatic ring is 1. The summed E-state index contributed by atoms with van der Waals surface area (Å²) in [5.74, 6) is 0.472. The molecule has 3 nitrogen and oxygen atoms in total. The molecule has 2 N–H and O–H groups in total. The van der Waals surface area contributed by atoms with Crippen molar-refractivity contribution in [3.63, 3.8) is 0 Å². The van der Waals surface area contributed by atoms with Crippen molar-refractivity contribution < 1.29 is 4.52 Å². The van der Waals surface area contributed by atoms with Gasteiger partial charge in [0.1, 0.15) is 0 Å². The number of hydrogen-bond donors (Lipinski definition) is 1. The van der Waals surface area contributed by atoms with Gasteiger partial charge in [0.2, 0.25) is 5.88 Å². The molecule has 0 aliphatic carbocycles. The average molecular weight is 140 g/mol. The van der Waals surface area contributed by atoms with Gasteiger partial charge in [-0.2, -0.15) is 0 Å². The van der Waals surface area contributed by atoms with Gasteiger partial charge in [-0.15, -0.1) is 0 Å². The van der Waals surface area contributed by atoms with Crippen molar-refractivity contribution in [3.8, 4) is 0 Å². The summed E-state index contributed by atoms with van der Waals surface area (Å²) < 4.78 is 4.81. The average Bonchev–Trinajstić information content (AvgIpc) is 2.30. The fourth-order valence-electron chi connectivity index (χ4n) is 1.01. The highest BCUT2D eigenvalue weighted by Gasteiger charge is 2.08. The highest BCUT2D eigenvalue weighted by atomic mass is 16.5. The van der Waals surface area contributed by atoms with E-state index in [1.807, 2.05) is 13.8 Å². The first kappa shape index (κ1) is 7.12. The van der Waals surface area contributed by atoms with Gasteiger partial charge in [-0.3, -0.25) is 0 Å². The summed E-state index contributed by atoms with van der Waals surface area (Å²) in [5.41, 5.74) is 7.54. The Labute approximate surface area is 60.2 Å². The summed E-state index contributed by atoms with van der Waals surface area (Å²) in [5, 5.41) is 3.81. The minimum atomic E-state index is 0.472. The van der Waals surface area contributed by atoms with E-state index in [9.17, 15) is 0 Å². The lowest BCUT2D eigenvalue weighted by atomic mass is 10.1. The zero-order valence-electron chi connectivity index (χ0n) is 6.35. The second-order valence-corrected chi connectivity index (χ2v) is 2.18.